The molecule has 3 N–H and O–H groups in total. The van der Waals surface area contributed by atoms with Crippen LogP contribution in [0.5, 0.6) is 0 Å². The minimum atomic E-state index is -1.20. The maximum Gasteiger partial charge on any atom is 0.352 e. The lowest BCUT2D eigenvalue weighted by Crippen LogP contribution is -2.71. The van der Waals surface area contributed by atoms with Gasteiger partial charge in [-0.25, -0.2) is 9.78 Å². The molecular formula is C22H20N6O6S3. The summed E-state index contributed by atoms with van der Waals surface area (Å²) in [6.07, 6.45) is 3.96. The molecule has 1 unspecified atom stereocenters. The number of fused-ring (bicyclic) bond motifs is 1. The Bertz CT molecular complexity index is 1290. The van der Waals surface area contributed by atoms with Crippen LogP contribution in [0.4, 0.5) is 5.13 Å². The molecule has 1 fully saturated rings. The number of β-lactam (4-membered cyclic amide) rings is 1. The Morgan fingerprint density at radius 2 is 2.24 bits per heavy atom. The average molecular weight is 561 g/mol. The van der Waals surface area contributed by atoms with E-state index in [4.69, 9.17) is 4.84 Å². The second-order valence-corrected chi connectivity index (χ2v) is 10.3. The van der Waals surface area contributed by atoms with E-state index in [-0.39, 0.29) is 22.2 Å². The first-order chi connectivity index (χ1) is 17.9. The molecule has 3 amide bonds. The molecular weight excluding hydrogens is 540 g/mol. The lowest BCUT2D eigenvalue weighted by molar-refractivity contribution is -0.150. The van der Waals surface area contributed by atoms with Gasteiger partial charge in [-0.3, -0.25) is 24.3 Å². The van der Waals surface area contributed by atoms with Crippen LogP contribution in [-0.2, 0) is 24.0 Å². The molecule has 37 heavy (non-hydrogen) atoms. The highest BCUT2D eigenvalue weighted by molar-refractivity contribution is 8.02. The van der Waals surface area contributed by atoms with Crippen molar-refractivity contribution in [2.75, 3.05) is 23.9 Å². The maximum absolute atomic E-state index is 13.0. The topological polar surface area (TPSA) is 163 Å². The third-order valence-corrected chi connectivity index (χ3v) is 8.10. The molecule has 4 rings (SSSR count). The molecule has 1 saturated heterocycles. The highest BCUT2D eigenvalue weighted by Gasteiger charge is 2.54. The van der Waals surface area contributed by atoms with Gasteiger partial charge in [0.05, 0.1) is 5.69 Å². The number of anilines is 1. The zero-order valence-corrected chi connectivity index (χ0v) is 21.6. The Hall–Kier alpha value is -3.69. The van der Waals surface area contributed by atoms with Crippen LogP contribution in [0.25, 0.3) is 6.08 Å². The quantitative estimate of drug-likeness (QED) is 0.159. The fourth-order valence-corrected chi connectivity index (χ4v) is 6.44. The molecule has 12 nitrogen and oxygen atoms in total. The number of oxime groups is 1. The van der Waals surface area contributed by atoms with Crippen molar-refractivity contribution < 1.29 is 29.1 Å². The van der Waals surface area contributed by atoms with Crippen LogP contribution < -0.4 is 10.6 Å². The summed E-state index contributed by atoms with van der Waals surface area (Å²) in [4.78, 5) is 62.8. The van der Waals surface area contributed by atoms with E-state index in [1.54, 1.807) is 6.20 Å². The maximum atomic E-state index is 13.0. The van der Waals surface area contributed by atoms with Gasteiger partial charge in [0.25, 0.3) is 11.8 Å². The van der Waals surface area contributed by atoms with Crippen LogP contribution in [-0.4, -0.2) is 79.9 Å². The number of rotatable bonds is 11. The summed E-state index contributed by atoms with van der Waals surface area (Å²) >= 11 is 3.85. The Kier molecular flexibility index (Phi) is 8.58. The monoisotopic (exact) mass is 560 g/mol. The number of amides is 3. The number of carbonyl (C=O) groups is 4. The van der Waals surface area contributed by atoms with Crippen LogP contribution in [0.2, 0.25) is 0 Å². The van der Waals surface area contributed by atoms with Crippen molar-refractivity contribution in [1.82, 2.24) is 20.2 Å². The van der Waals surface area contributed by atoms with Crippen molar-refractivity contribution >= 4 is 76.0 Å². The van der Waals surface area contributed by atoms with Gasteiger partial charge in [0.1, 0.15) is 29.9 Å². The minimum absolute atomic E-state index is 0.0622. The number of thioether (sulfide) groups is 2. The fraction of sp³-hybridized carbons (Fsp3) is 0.227. The fourth-order valence-electron chi connectivity index (χ4n) is 3.54. The lowest BCUT2D eigenvalue weighted by Gasteiger charge is -2.49. The van der Waals surface area contributed by atoms with Gasteiger partial charge in [-0.15, -0.1) is 34.9 Å². The molecule has 0 saturated carbocycles. The third kappa shape index (κ3) is 5.84. The van der Waals surface area contributed by atoms with Crippen LogP contribution in [0.1, 0.15) is 11.4 Å². The SMILES string of the molecule is CON=C(C(=O)NC1C(=O)N2C(C(=O)O)=C(CSC=Cc3ccccn3)CS[C@@H]12)c1csc(NC=O)n1. The van der Waals surface area contributed by atoms with E-state index in [9.17, 15) is 24.3 Å². The number of aromatic nitrogens is 2. The smallest absolute Gasteiger partial charge is 0.352 e. The summed E-state index contributed by atoms with van der Waals surface area (Å²) in [5.74, 6) is -1.68. The van der Waals surface area contributed by atoms with E-state index in [2.05, 4.69) is 25.8 Å². The standard InChI is InChI=1S/C22H20N6O6S3/c1-34-27-15(14-10-37-22(25-14)24-11-29)18(30)26-16-19(31)28-17(21(32)33)12(9-36-20(16)28)8-35-7-5-13-4-2-3-6-23-13/h2-7,10-11,16,20H,8-9H2,1H3,(H,26,30)(H,32,33)(H,24,25,29)/t16?,20-/m0/s1. The predicted octanol–water partition coefficient (Wildman–Crippen LogP) is 1.60. The molecule has 2 aromatic heterocycles. The van der Waals surface area contributed by atoms with Gasteiger partial charge in [0.2, 0.25) is 6.41 Å². The number of hydrogen-bond donors (Lipinski definition) is 3. The average Bonchev–Trinajstić information content (AvgIpc) is 3.36. The second-order valence-electron chi connectivity index (χ2n) is 7.41. The number of hydrogen-bond acceptors (Lipinski definition) is 11. The van der Waals surface area contributed by atoms with E-state index < -0.39 is 29.2 Å². The van der Waals surface area contributed by atoms with Crippen LogP contribution in [0.15, 0.2) is 51.6 Å². The summed E-state index contributed by atoms with van der Waals surface area (Å²) in [6, 6.07) is 4.59. The van der Waals surface area contributed by atoms with E-state index in [1.165, 1.54) is 40.9 Å². The van der Waals surface area contributed by atoms with E-state index in [0.29, 0.717) is 23.5 Å². The molecule has 0 spiro atoms. The molecule has 2 aliphatic heterocycles. The van der Waals surface area contributed by atoms with Crippen LogP contribution >= 0.6 is 34.9 Å². The molecule has 15 heteroatoms. The lowest BCUT2D eigenvalue weighted by atomic mass is 10.0. The first-order valence-electron chi connectivity index (χ1n) is 10.6. The van der Waals surface area contributed by atoms with Gasteiger partial charge >= 0.3 is 5.97 Å². The van der Waals surface area contributed by atoms with Crippen molar-refractivity contribution in [3.8, 4) is 0 Å². The molecule has 2 aromatic rings. The van der Waals surface area contributed by atoms with Crippen molar-refractivity contribution in [2.24, 2.45) is 5.16 Å². The summed E-state index contributed by atoms with van der Waals surface area (Å²) in [7, 11) is 1.26. The first kappa shape index (κ1) is 26.4. The summed E-state index contributed by atoms with van der Waals surface area (Å²) < 4.78 is 0. The Labute approximate surface area is 223 Å². The number of nitrogens with zero attached hydrogens (tertiary/aromatic N) is 4. The second kappa shape index (κ2) is 12.0. The number of carboxylic acid groups (broad SMARTS) is 1. The number of thiazole rings is 1. The molecule has 2 aliphatic rings. The summed E-state index contributed by atoms with van der Waals surface area (Å²) in [5, 5.41) is 21.6. The molecule has 4 heterocycles. The Morgan fingerprint density at radius 1 is 1.41 bits per heavy atom. The van der Waals surface area contributed by atoms with Crippen LogP contribution in [0.3, 0.4) is 0 Å². The molecule has 0 radical (unpaired) electrons. The van der Waals surface area contributed by atoms with Gasteiger partial charge in [-0.1, -0.05) is 11.2 Å². The van der Waals surface area contributed by atoms with Gasteiger partial charge in [-0.2, -0.15) is 0 Å². The van der Waals surface area contributed by atoms with Gasteiger partial charge in [0.15, 0.2) is 10.8 Å². The van der Waals surface area contributed by atoms with Crippen molar-refractivity contribution in [2.45, 2.75) is 11.4 Å². The number of nitrogens with one attached hydrogen (secondary N) is 2. The normalized spacial score (nSPS) is 19.3. The zero-order chi connectivity index (χ0) is 26.4. The molecule has 0 bridgehead atoms. The molecule has 2 atom stereocenters. The molecule has 192 valence electrons. The van der Waals surface area contributed by atoms with Gasteiger partial charge in [-0.05, 0) is 29.2 Å². The van der Waals surface area contributed by atoms with E-state index in [0.717, 1.165) is 17.0 Å². The Balaban J connectivity index is 1.44. The largest absolute Gasteiger partial charge is 0.477 e. The highest BCUT2D eigenvalue weighted by Crippen LogP contribution is 2.41. The number of aliphatic carboxylic acids is 1. The summed E-state index contributed by atoms with van der Waals surface area (Å²) in [5.41, 5.74) is 1.30. The van der Waals surface area contributed by atoms with Crippen molar-refractivity contribution in [3.63, 3.8) is 0 Å². The van der Waals surface area contributed by atoms with Crippen LogP contribution in [0, 0.1) is 0 Å². The molecule has 0 aromatic carbocycles. The van der Waals surface area contributed by atoms with Crippen molar-refractivity contribution in [1.29, 1.82) is 0 Å². The highest BCUT2D eigenvalue weighted by atomic mass is 32.2. The zero-order valence-electron chi connectivity index (χ0n) is 19.2. The van der Waals surface area contributed by atoms with E-state index in [1.807, 2.05) is 29.7 Å². The minimum Gasteiger partial charge on any atom is -0.477 e. The number of carbonyl (C=O) groups excluding carboxylic acids is 3. The Morgan fingerprint density at radius 3 is 2.95 bits per heavy atom. The van der Waals surface area contributed by atoms with Gasteiger partial charge < -0.3 is 20.6 Å². The van der Waals surface area contributed by atoms with E-state index >= 15 is 0 Å². The first-order valence-corrected chi connectivity index (χ1v) is 13.6. The van der Waals surface area contributed by atoms with Gasteiger partial charge in [0, 0.05) is 23.1 Å². The number of pyridine rings is 1. The predicted molar refractivity (Wildman–Crippen MR) is 141 cm³/mol. The third-order valence-electron chi connectivity index (χ3n) is 5.14. The molecule has 0 aliphatic carbocycles. The van der Waals surface area contributed by atoms with Crippen molar-refractivity contribution in [3.05, 3.63) is 57.8 Å². The number of carboxylic acids is 1. The summed E-state index contributed by atoms with van der Waals surface area (Å²) in [6.45, 7) is 0.